The monoisotopic (exact) mass is 442 g/mol. The standard InChI is InChI=1S/C32H30N2/c1-19-7-6-8-22(16-19)11-12-23-18-24-13-14-33-30-26-17-20(2)15-21(3)31(26)34-27-10-5-4-9-25(27)28(23)32(34)29(24)30/h4-5,9-10,13-15,17-18,22H,1,6-8,11-12,16H2,2-3H3. The number of para-hydroxylation sites is 1. The van der Waals surface area contributed by atoms with Gasteiger partial charge in [-0.3, -0.25) is 4.98 Å². The molecule has 34 heavy (non-hydrogen) atoms. The van der Waals surface area contributed by atoms with E-state index >= 15 is 0 Å². The maximum Gasteiger partial charge on any atom is 0.0822 e. The number of aryl methyl sites for hydroxylation is 3. The van der Waals surface area contributed by atoms with Gasteiger partial charge in [-0.1, -0.05) is 48.0 Å². The van der Waals surface area contributed by atoms with Gasteiger partial charge in [0, 0.05) is 27.7 Å². The Morgan fingerprint density at radius 2 is 1.88 bits per heavy atom. The van der Waals surface area contributed by atoms with Crippen molar-refractivity contribution in [2.45, 2.75) is 52.4 Å². The molecule has 1 aliphatic carbocycles. The molecule has 0 radical (unpaired) electrons. The molecule has 3 aromatic heterocycles. The number of nitrogens with zero attached hydrogens (tertiary/aromatic N) is 2. The molecule has 1 atom stereocenters. The third-order valence-electron chi connectivity index (χ3n) is 8.21. The summed E-state index contributed by atoms with van der Waals surface area (Å²) in [6, 6.07) is 18.3. The molecule has 3 aromatic carbocycles. The molecule has 1 saturated carbocycles. The zero-order valence-corrected chi connectivity index (χ0v) is 20.1. The van der Waals surface area contributed by atoms with Gasteiger partial charge in [0.2, 0.25) is 0 Å². The van der Waals surface area contributed by atoms with Gasteiger partial charge < -0.3 is 4.40 Å². The van der Waals surface area contributed by atoms with E-state index in [1.165, 1.54) is 97.8 Å². The lowest BCUT2D eigenvalue weighted by atomic mass is 9.82. The minimum Gasteiger partial charge on any atom is -0.308 e. The summed E-state index contributed by atoms with van der Waals surface area (Å²) in [5, 5.41) is 6.67. The predicted molar refractivity (Wildman–Crippen MR) is 145 cm³/mol. The van der Waals surface area contributed by atoms with E-state index < -0.39 is 0 Å². The summed E-state index contributed by atoms with van der Waals surface area (Å²) in [5.74, 6) is 0.771. The van der Waals surface area contributed by atoms with Crippen molar-refractivity contribution in [2.75, 3.05) is 0 Å². The Bertz CT molecular complexity index is 1750. The molecule has 0 saturated heterocycles. The second kappa shape index (κ2) is 7.30. The Kier molecular flexibility index (Phi) is 4.30. The highest BCUT2D eigenvalue weighted by Gasteiger charge is 2.23. The van der Waals surface area contributed by atoms with Gasteiger partial charge >= 0.3 is 0 Å². The quantitative estimate of drug-likeness (QED) is 0.152. The summed E-state index contributed by atoms with van der Waals surface area (Å²) in [5.41, 5.74) is 10.6. The largest absolute Gasteiger partial charge is 0.308 e. The van der Waals surface area contributed by atoms with Gasteiger partial charge in [0.1, 0.15) is 0 Å². The van der Waals surface area contributed by atoms with Crippen LogP contribution >= 0.6 is 0 Å². The molecule has 0 N–H and O–H groups in total. The van der Waals surface area contributed by atoms with Crippen molar-refractivity contribution in [3.63, 3.8) is 0 Å². The van der Waals surface area contributed by atoms with Crippen LogP contribution in [-0.4, -0.2) is 9.38 Å². The number of allylic oxidation sites excluding steroid dienone is 1. The summed E-state index contributed by atoms with van der Waals surface area (Å²) in [7, 11) is 0. The van der Waals surface area contributed by atoms with Crippen molar-refractivity contribution in [3.8, 4) is 0 Å². The van der Waals surface area contributed by atoms with Crippen LogP contribution < -0.4 is 0 Å². The van der Waals surface area contributed by atoms with Crippen LogP contribution in [0.4, 0.5) is 0 Å². The minimum atomic E-state index is 0.771. The van der Waals surface area contributed by atoms with Crippen molar-refractivity contribution in [3.05, 3.63) is 83.6 Å². The Labute approximate surface area is 200 Å². The summed E-state index contributed by atoms with van der Waals surface area (Å²) in [4.78, 5) is 4.95. The van der Waals surface area contributed by atoms with Gasteiger partial charge in [0.25, 0.3) is 0 Å². The van der Waals surface area contributed by atoms with Gasteiger partial charge in [0.15, 0.2) is 0 Å². The third kappa shape index (κ3) is 2.78. The Morgan fingerprint density at radius 1 is 1.00 bits per heavy atom. The smallest absolute Gasteiger partial charge is 0.0822 e. The molecular weight excluding hydrogens is 412 g/mol. The Balaban J connectivity index is 1.59. The molecule has 7 rings (SSSR count). The zero-order chi connectivity index (χ0) is 23.0. The van der Waals surface area contributed by atoms with E-state index in [1.807, 2.05) is 6.20 Å². The summed E-state index contributed by atoms with van der Waals surface area (Å²) in [6.07, 6.45) is 9.44. The van der Waals surface area contributed by atoms with E-state index in [2.05, 4.69) is 73.4 Å². The Hall–Kier alpha value is -3.39. The molecule has 1 fully saturated rings. The van der Waals surface area contributed by atoms with E-state index in [9.17, 15) is 0 Å². The molecule has 0 bridgehead atoms. The molecule has 1 aliphatic rings. The predicted octanol–water partition coefficient (Wildman–Crippen LogP) is 8.68. The molecule has 0 amide bonds. The maximum atomic E-state index is 4.95. The van der Waals surface area contributed by atoms with Crippen molar-refractivity contribution < 1.29 is 0 Å². The number of hydrogen-bond acceptors (Lipinski definition) is 1. The fourth-order valence-corrected chi connectivity index (χ4v) is 6.84. The van der Waals surface area contributed by atoms with Gasteiger partial charge in [-0.2, -0.15) is 0 Å². The number of pyridine rings is 2. The van der Waals surface area contributed by atoms with Crippen molar-refractivity contribution in [1.82, 2.24) is 9.38 Å². The maximum absolute atomic E-state index is 4.95. The second-order valence-corrected chi connectivity index (χ2v) is 10.6. The minimum absolute atomic E-state index is 0.771. The van der Waals surface area contributed by atoms with Crippen LogP contribution in [0.5, 0.6) is 0 Å². The molecule has 168 valence electrons. The third-order valence-corrected chi connectivity index (χ3v) is 8.21. The highest BCUT2D eigenvalue weighted by Crippen LogP contribution is 2.43. The van der Waals surface area contributed by atoms with Gasteiger partial charge in [0.05, 0.1) is 22.1 Å². The van der Waals surface area contributed by atoms with Crippen LogP contribution in [0.25, 0.3) is 49.0 Å². The first-order valence-electron chi connectivity index (χ1n) is 12.7. The molecule has 0 aliphatic heterocycles. The molecule has 0 spiro atoms. The topological polar surface area (TPSA) is 17.3 Å². The van der Waals surface area contributed by atoms with Crippen LogP contribution in [0.15, 0.2) is 66.9 Å². The van der Waals surface area contributed by atoms with E-state index in [-0.39, 0.29) is 0 Å². The van der Waals surface area contributed by atoms with Crippen molar-refractivity contribution in [1.29, 1.82) is 0 Å². The van der Waals surface area contributed by atoms with Crippen LogP contribution in [0.3, 0.4) is 0 Å². The highest BCUT2D eigenvalue weighted by molar-refractivity contribution is 6.28. The average Bonchev–Trinajstić information content (AvgIpc) is 3.18. The van der Waals surface area contributed by atoms with Crippen LogP contribution in [0, 0.1) is 19.8 Å². The molecule has 1 unspecified atom stereocenters. The number of fused-ring (bicyclic) bond motifs is 6. The van der Waals surface area contributed by atoms with E-state index in [4.69, 9.17) is 4.98 Å². The number of hydrogen-bond donors (Lipinski definition) is 0. The fraction of sp³-hybridized carbons (Fsp3) is 0.281. The molecule has 2 heteroatoms. The Morgan fingerprint density at radius 3 is 2.76 bits per heavy atom. The van der Waals surface area contributed by atoms with Gasteiger partial charge in [-0.05, 0) is 93.0 Å². The number of rotatable bonds is 3. The molecule has 2 nitrogen and oxygen atoms in total. The number of aromatic nitrogens is 2. The van der Waals surface area contributed by atoms with Crippen LogP contribution in [0.1, 0.15) is 48.8 Å². The first-order chi connectivity index (χ1) is 16.6. The zero-order valence-electron chi connectivity index (χ0n) is 20.1. The first-order valence-corrected chi connectivity index (χ1v) is 12.7. The first kappa shape index (κ1) is 20.0. The molecule has 6 aromatic rings. The summed E-state index contributed by atoms with van der Waals surface area (Å²) < 4.78 is 2.54. The van der Waals surface area contributed by atoms with Crippen molar-refractivity contribution >= 4 is 49.0 Å². The lowest BCUT2D eigenvalue weighted by Gasteiger charge is -2.23. The lowest BCUT2D eigenvalue weighted by molar-refractivity contribution is 0.394. The normalized spacial score (nSPS) is 17.2. The van der Waals surface area contributed by atoms with E-state index in [0.29, 0.717) is 0 Å². The van der Waals surface area contributed by atoms with Gasteiger partial charge in [-0.25, -0.2) is 0 Å². The van der Waals surface area contributed by atoms with Crippen LogP contribution in [0.2, 0.25) is 0 Å². The SMILES string of the molecule is C=C1CCCC(CCc2cc3ccnc4c5cc(C)cc(C)c5n5c6ccccc6c2c5c34)C1. The van der Waals surface area contributed by atoms with Crippen molar-refractivity contribution in [2.24, 2.45) is 5.92 Å². The summed E-state index contributed by atoms with van der Waals surface area (Å²) >= 11 is 0. The number of benzene rings is 3. The van der Waals surface area contributed by atoms with E-state index in [0.717, 1.165) is 17.9 Å². The fourth-order valence-electron chi connectivity index (χ4n) is 6.84. The van der Waals surface area contributed by atoms with Crippen LogP contribution in [-0.2, 0) is 6.42 Å². The second-order valence-electron chi connectivity index (χ2n) is 10.6. The summed E-state index contributed by atoms with van der Waals surface area (Å²) in [6.45, 7) is 8.73. The molecular formula is C32H30N2. The average molecular weight is 443 g/mol. The van der Waals surface area contributed by atoms with Gasteiger partial charge in [-0.15, -0.1) is 0 Å². The van der Waals surface area contributed by atoms with E-state index in [1.54, 1.807) is 0 Å². The molecule has 3 heterocycles. The highest BCUT2D eigenvalue weighted by atomic mass is 14.9. The lowest BCUT2D eigenvalue weighted by Crippen LogP contribution is -2.09.